The Morgan fingerprint density at radius 3 is 2.41 bits per heavy atom. The second kappa shape index (κ2) is 4.85. The van der Waals surface area contributed by atoms with Gasteiger partial charge in [0.25, 0.3) is 5.91 Å². The average Bonchev–Trinajstić information content (AvgIpc) is 2.30. The normalized spacial score (nSPS) is 19.9. The summed E-state index contributed by atoms with van der Waals surface area (Å²) >= 11 is 11.2. The Labute approximate surface area is 108 Å². The number of hydrogen-bond donors (Lipinski definition) is 1. The van der Waals surface area contributed by atoms with Crippen LogP contribution in [0.2, 0.25) is 5.02 Å². The first-order valence-corrected chi connectivity index (χ1v) is 5.77. The van der Waals surface area contributed by atoms with Gasteiger partial charge in [0, 0.05) is 5.02 Å². The molecule has 2 amide bonds. The molecule has 1 aliphatic heterocycles. The summed E-state index contributed by atoms with van der Waals surface area (Å²) in [7, 11) is 0. The van der Waals surface area contributed by atoms with E-state index in [0.29, 0.717) is 10.6 Å². The van der Waals surface area contributed by atoms with E-state index >= 15 is 0 Å². The summed E-state index contributed by atoms with van der Waals surface area (Å²) in [5, 5.41) is 3.03. The topological polar surface area (TPSA) is 58.5 Å². The first kappa shape index (κ1) is 12.1. The molecule has 0 radical (unpaired) electrons. The fourth-order valence-corrected chi connectivity index (χ4v) is 1.82. The monoisotopic (exact) mass is 270 g/mol. The molecule has 88 valence electrons. The van der Waals surface area contributed by atoms with Gasteiger partial charge >= 0.3 is 0 Å². The Kier molecular flexibility index (Phi) is 3.45. The van der Waals surface area contributed by atoms with Gasteiger partial charge in [-0.05, 0) is 17.7 Å². The van der Waals surface area contributed by atoms with Crippen LogP contribution in [-0.4, -0.2) is 23.5 Å². The molecule has 1 atom stereocenters. The first-order chi connectivity index (χ1) is 8.11. The van der Waals surface area contributed by atoms with Crippen LogP contribution in [0.4, 0.5) is 0 Å². The molecule has 0 saturated heterocycles. The molecule has 1 aromatic carbocycles. The molecule has 0 saturated carbocycles. The first-order valence-electron chi connectivity index (χ1n) is 4.85. The zero-order chi connectivity index (χ0) is 12.4. The highest BCUT2D eigenvalue weighted by Crippen LogP contribution is 2.22. The Morgan fingerprint density at radius 2 is 1.88 bits per heavy atom. The Morgan fingerprint density at radius 1 is 1.24 bits per heavy atom. The largest absolute Gasteiger partial charge is 0.312 e. The Hall–Kier alpha value is -1.39. The molecule has 4 nitrogen and oxygen atoms in total. The number of carbonyl (C=O) groups is 2. The minimum Gasteiger partial charge on any atom is -0.312 e. The molecule has 6 heteroatoms. The highest BCUT2D eigenvalue weighted by atomic mass is 35.5. The number of rotatable bonds is 2. The minimum absolute atomic E-state index is 0.00478. The summed E-state index contributed by atoms with van der Waals surface area (Å²) < 4.78 is 0. The maximum atomic E-state index is 11.8. The van der Waals surface area contributed by atoms with Gasteiger partial charge < -0.3 is 5.32 Å². The summed E-state index contributed by atoms with van der Waals surface area (Å²) in [5.74, 6) is -1.65. The fourth-order valence-electron chi connectivity index (χ4n) is 1.56. The molecule has 17 heavy (non-hydrogen) atoms. The minimum atomic E-state index is -0.917. The van der Waals surface area contributed by atoms with Gasteiger partial charge in [-0.25, -0.2) is 0 Å². The van der Waals surface area contributed by atoms with Gasteiger partial charge in [-0.2, -0.15) is 4.99 Å². The van der Waals surface area contributed by atoms with Crippen LogP contribution in [0.3, 0.4) is 0 Å². The lowest BCUT2D eigenvalue weighted by molar-refractivity contribution is -0.129. The van der Waals surface area contributed by atoms with E-state index in [1.54, 1.807) is 24.3 Å². The van der Waals surface area contributed by atoms with E-state index in [0.717, 1.165) is 0 Å². The van der Waals surface area contributed by atoms with Crippen molar-refractivity contribution in [1.82, 2.24) is 5.32 Å². The van der Waals surface area contributed by atoms with Crippen molar-refractivity contribution in [2.75, 3.05) is 5.88 Å². The Bertz CT molecular complexity index is 497. The maximum absolute atomic E-state index is 11.8. The van der Waals surface area contributed by atoms with Crippen LogP contribution in [-0.2, 0) is 9.59 Å². The molecule has 0 aliphatic carbocycles. The second-order valence-electron chi connectivity index (χ2n) is 3.50. The molecule has 0 fully saturated rings. The van der Waals surface area contributed by atoms with Crippen LogP contribution >= 0.6 is 23.2 Å². The number of amidine groups is 1. The van der Waals surface area contributed by atoms with Crippen LogP contribution in [0.15, 0.2) is 29.3 Å². The zero-order valence-electron chi connectivity index (χ0n) is 8.61. The smallest absolute Gasteiger partial charge is 0.264 e. The summed E-state index contributed by atoms with van der Waals surface area (Å²) in [6.45, 7) is 0. The summed E-state index contributed by atoms with van der Waals surface area (Å²) in [6.07, 6.45) is 0. The van der Waals surface area contributed by atoms with Gasteiger partial charge in [0.05, 0.1) is 5.88 Å². The third kappa shape index (κ3) is 2.48. The molecule has 0 spiro atoms. The van der Waals surface area contributed by atoms with Crippen LogP contribution < -0.4 is 5.32 Å². The van der Waals surface area contributed by atoms with E-state index in [1.807, 2.05) is 0 Å². The molecule has 2 rings (SSSR count). The van der Waals surface area contributed by atoms with Crippen molar-refractivity contribution in [3.8, 4) is 0 Å². The molecule has 1 unspecified atom stereocenters. The molecule has 1 heterocycles. The number of halogens is 2. The van der Waals surface area contributed by atoms with E-state index < -0.39 is 17.7 Å². The highest BCUT2D eigenvalue weighted by Gasteiger charge is 2.32. The fraction of sp³-hybridized carbons (Fsp3) is 0.182. The molecular weight excluding hydrogens is 263 g/mol. The van der Waals surface area contributed by atoms with Crippen molar-refractivity contribution < 1.29 is 9.59 Å². The van der Waals surface area contributed by atoms with Gasteiger partial charge in [0.15, 0.2) is 0 Å². The molecule has 1 aromatic rings. The highest BCUT2D eigenvalue weighted by molar-refractivity contribution is 6.33. The van der Waals surface area contributed by atoms with Gasteiger partial charge in [0.1, 0.15) is 11.8 Å². The van der Waals surface area contributed by atoms with E-state index in [1.165, 1.54) is 0 Å². The quantitative estimate of drug-likeness (QED) is 0.657. The predicted molar refractivity (Wildman–Crippen MR) is 65.5 cm³/mol. The van der Waals surface area contributed by atoms with E-state index in [2.05, 4.69) is 10.3 Å². The number of benzene rings is 1. The van der Waals surface area contributed by atoms with Crippen LogP contribution in [0.5, 0.6) is 0 Å². The van der Waals surface area contributed by atoms with Crippen molar-refractivity contribution in [3.63, 3.8) is 0 Å². The standard InChI is InChI=1S/C11H8Cl2N2O2/c12-5-8-14-10(16)9(11(17)15-8)6-1-3-7(13)4-2-6/h1-4,9H,5H2,(H,14,15,16,17). The van der Waals surface area contributed by atoms with Crippen molar-refractivity contribution >= 4 is 40.9 Å². The van der Waals surface area contributed by atoms with Crippen molar-refractivity contribution in [1.29, 1.82) is 0 Å². The molecule has 1 N–H and O–H groups in total. The van der Waals surface area contributed by atoms with Crippen molar-refractivity contribution in [3.05, 3.63) is 34.9 Å². The number of hydrogen-bond acceptors (Lipinski definition) is 2. The Balaban J connectivity index is 2.34. The number of alkyl halides is 1. The van der Waals surface area contributed by atoms with Gasteiger partial charge in [-0.15, -0.1) is 11.6 Å². The summed E-state index contributed by atoms with van der Waals surface area (Å²) in [6, 6.07) is 6.51. The molecule has 1 aliphatic rings. The maximum Gasteiger partial charge on any atom is 0.264 e. The van der Waals surface area contributed by atoms with E-state index in [9.17, 15) is 9.59 Å². The van der Waals surface area contributed by atoms with Crippen LogP contribution in [0.1, 0.15) is 11.5 Å². The van der Waals surface area contributed by atoms with Crippen molar-refractivity contribution in [2.24, 2.45) is 4.99 Å². The zero-order valence-corrected chi connectivity index (χ0v) is 10.1. The number of amides is 2. The van der Waals surface area contributed by atoms with Gasteiger partial charge in [-0.3, -0.25) is 9.59 Å². The number of aliphatic imine (C=N–C) groups is 1. The number of nitrogens with one attached hydrogen (secondary N) is 1. The molecular formula is C11H8Cl2N2O2. The van der Waals surface area contributed by atoms with Crippen molar-refractivity contribution in [2.45, 2.75) is 5.92 Å². The van der Waals surface area contributed by atoms with Gasteiger partial charge in [-0.1, -0.05) is 23.7 Å². The summed E-state index contributed by atoms with van der Waals surface area (Å²) in [4.78, 5) is 27.2. The predicted octanol–water partition coefficient (Wildman–Crippen LogP) is 1.72. The number of nitrogens with zero attached hydrogens (tertiary/aromatic N) is 1. The SMILES string of the molecule is O=C1N=C(CCl)NC(=O)C1c1ccc(Cl)cc1. The third-order valence-corrected chi connectivity index (χ3v) is 2.86. The van der Waals surface area contributed by atoms with Gasteiger partial charge in [0.2, 0.25) is 5.91 Å². The van der Waals surface area contributed by atoms with E-state index in [-0.39, 0.29) is 11.7 Å². The van der Waals surface area contributed by atoms with Crippen LogP contribution in [0, 0.1) is 0 Å². The van der Waals surface area contributed by atoms with Crippen LogP contribution in [0.25, 0.3) is 0 Å². The molecule has 0 aromatic heterocycles. The lowest BCUT2D eigenvalue weighted by atomic mass is 9.96. The van der Waals surface area contributed by atoms with E-state index in [4.69, 9.17) is 23.2 Å². The third-order valence-electron chi connectivity index (χ3n) is 2.35. The number of carbonyl (C=O) groups excluding carboxylic acids is 2. The lowest BCUT2D eigenvalue weighted by Gasteiger charge is -2.19. The lowest BCUT2D eigenvalue weighted by Crippen LogP contribution is -2.43. The summed E-state index contributed by atoms with van der Waals surface area (Å²) in [5.41, 5.74) is 0.564. The average molecular weight is 271 g/mol. The second-order valence-corrected chi connectivity index (χ2v) is 4.21. The molecule has 0 bridgehead atoms.